The highest BCUT2D eigenvalue weighted by Gasteiger charge is 2.59. The Hall–Kier alpha value is -1.96. The molecule has 7 heteroatoms. The van der Waals surface area contributed by atoms with Crippen LogP contribution in [0.1, 0.15) is 221 Å². The summed E-state index contributed by atoms with van der Waals surface area (Å²) >= 11 is 0. The van der Waals surface area contributed by atoms with Gasteiger partial charge in [-0.05, 0) is 156 Å². The third kappa shape index (κ3) is 17.8. The Kier molecular flexibility index (Phi) is 24.9. The first kappa shape index (κ1) is 55.0. The standard InChI is InChI=1S/C59H102N2O5/c1-7-8-9-10-11-12-13-14-15-16-17-18-19-20-21-25-42-64-46-51(45-61-40-23-22-24-41-61)65-43-39-60-56(62)33-34-57(63)66-50-35-37-58(5)49(44-50)29-30-52-54-32-31-53(48(4)28-26-27-47(2)3)59(54,6)38-36-55(52)58/h11-12,14-15,29,47-48,50-55H,7-10,13,16-28,30-46H2,1-6H3,(H,60,62)/b12-11-,15-14-/t48-,50+,51?,52+,53-,54+,55+,58+,59-/m1/s1. The number of unbranched alkanes of at least 4 members (excludes halogenated alkanes) is 9. The van der Waals surface area contributed by atoms with Gasteiger partial charge < -0.3 is 24.4 Å². The molecule has 0 aromatic carbocycles. The van der Waals surface area contributed by atoms with E-state index in [-0.39, 0.29) is 42.3 Å². The van der Waals surface area contributed by atoms with Gasteiger partial charge in [-0.15, -0.1) is 0 Å². The fourth-order valence-electron chi connectivity index (χ4n) is 13.7. The van der Waals surface area contributed by atoms with E-state index < -0.39 is 0 Å². The molecule has 5 rings (SSSR count). The van der Waals surface area contributed by atoms with Crippen LogP contribution in [0, 0.1) is 46.3 Å². The third-order valence-corrected chi connectivity index (χ3v) is 17.6. The van der Waals surface area contributed by atoms with Gasteiger partial charge in [0.15, 0.2) is 0 Å². The molecule has 9 atom stereocenters. The number of nitrogens with one attached hydrogen (secondary N) is 1. The molecular formula is C59H102N2O5. The Balaban J connectivity index is 0.923. The Bertz CT molecular complexity index is 1470. The summed E-state index contributed by atoms with van der Waals surface area (Å²) in [5.41, 5.74) is 2.28. The van der Waals surface area contributed by atoms with Crippen LogP contribution in [0.15, 0.2) is 36.0 Å². The lowest BCUT2D eigenvalue weighted by molar-refractivity contribution is -0.152. The lowest BCUT2D eigenvalue weighted by atomic mass is 9.47. The summed E-state index contributed by atoms with van der Waals surface area (Å²) in [6, 6.07) is 0. The van der Waals surface area contributed by atoms with Crippen LogP contribution in [0.2, 0.25) is 0 Å². The predicted octanol–water partition coefficient (Wildman–Crippen LogP) is 14.5. The molecule has 0 aromatic heterocycles. The van der Waals surface area contributed by atoms with Crippen molar-refractivity contribution >= 4 is 11.9 Å². The molecule has 1 amide bonds. The van der Waals surface area contributed by atoms with Crippen molar-refractivity contribution in [2.45, 2.75) is 234 Å². The summed E-state index contributed by atoms with van der Waals surface area (Å²) in [5.74, 6) is 4.59. The average molecular weight is 919 g/mol. The van der Waals surface area contributed by atoms with Crippen LogP contribution in [-0.4, -0.2) is 75.0 Å². The summed E-state index contributed by atoms with van der Waals surface area (Å²) in [5, 5.41) is 3.00. The Labute approximate surface area is 406 Å². The molecule has 4 fully saturated rings. The molecule has 0 spiro atoms. The molecule has 1 saturated heterocycles. The summed E-state index contributed by atoms with van der Waals surface area (Å²) in [6.07, 6.45) is 44.7. The number of hydrogen-bond acceptors (Lipinski definition) is 6. The van der Waals surface area contributed by atoms with Gasteiger partial charge in [0.2, 0.25) is 5.91 Å². The van der Waals surface area contributed by atoms with E-state index in [1.165, 1.54) is 135 Å². The molecule has 66 heavy (non-hydrogen) atoms. The van der Waals surface area contributed by atoms with Crippen LogP contribution in [0.4, 0.5) is 0 Å². The zero-order chi connectivity index (χ0) is 47.0. The monoisotopic (exact) mass is 919 g/mol. The number of carbonyl (C=O) groups is 2. The Morgan fingerprint density at radius 2 is 1.55 bits per heavy atom. The van der Waals surface area contributed by atoms with Crippen molar-refractivity contribution in [3.8, 4) is 0 Å². The van der Waals surface area contributed by atoms with Crippen molar-refractivity contribution in [3.05, 3.63) is 36.0 Å². The highest BCUT2D eigenvalue weighted by Crippen LogP contribution is 2.67. The average Bonchev–Trinajstić information content (AvgIpc) is 3.67. The maximum absolute atomic E-state index is 13.1. The van der Waals surface area contributed by atoms with Crippen molar-refractivity contribution < 1.29 is 23.8 Å². The van der Waals surface area contributed by atoms with Gasteiger partial charge in [-0.1, -0.05) is 142 Å². The van der Waals surface area contributed by atoms with Gasteiger partial charge in [-0.25, -0.2) is 0 Å². The molecule has 1 aliphatic heterocycles. The number of carbonyl (C=O) groups excluding carboxylic acids is 2. The van der Waals surface area contributed by atoms with Crippen molar-refractivity contribution in [1.29, 1.82) is 0 Å². The van der Waals surface area contributed by atoms with Gasteiger partial charge in [-0.3, -0.25) is 9.59 Å². The first-order valence-electron chi connectivity index (χ1n) is 28.4. The summed E-state index contributed by atoms with van der Waals surface area (Å²) < 4.78 is 18.5. The molecule has 4 aliphatic carbocycles. The zero-order valence-electron chi connectivity index (χ0n) is 43.7. The molecule has 0 aromatic rings. The van der Waals surface area contributed by atoms with E-state index in [2.05, 4.69) is 82.1 Å². The molecule has 3 saturated carbocycles. The highest BCUT2D eigenvalue weighted by molar-refractivity contribution is 5.81. The summed E-state index contributed by atoms with van der Waals surface area (Å²) in [6.45, 7) is 20.2. The van der Waals surface area contributed by atoms with Gasteiger partial charge >= 0.3 is 5.97 Å². The molecule has 378 valence electrons. The van der Waals surface area contributed by atoms with E-state index in [9.17, 15) is 9.59 Å². The minimum Gasteiger partial charge on any atom is -0.462 e. The van der Waals surface area contributed by atoms with Gasteiger partial charge in [-0.2, -0.15) is 0 Å². The van der Waals surface area contributed by atoms with Gasteiger partial charge in [0, 0.05) is 32.5 Å². The van der Waals surface area contributed by atoms with Crippen LogP contribution in [0.25, 0.3) is 0 Å². The lowest BCUT2D eigenvalue weighted by Gasteiger charge is -2.58. The van der Waals surface area contributed by atoms with Crippen molar-refractivity contribution in [1.82, 2.24) is 10.2 Å². The van der Waals surface area contributed by atoms with E-state index in [1.807, 2.05) is 0 Å². The van der Waals surface area contributed by atoms with E-state index in [0.717, 1.165) is 93.9 Å². The number of rotatable bonds is 32. The van der Waals surface area contributed by atoms with Crippen LogP contribution in [-0.2, 0) is 23.8 Å². The first-order chi connectivity index (χ1) is 32.0. The smallest absolute Gasteiger partial charge is 0.306 e. The predicted molar refractivity (Wildman–Crippen MR) is 275 cm³/mol. The number of likely N-dealkylation sites (tertiary alicyclic amines) is 1. The number of nitrogens with zero attached hydrogens (tertiary/aromatic N) is 1. The Morgan fingerprint density at radius 1 is 0.803 bits per heavy atom. The summed E-state index contributed by atoms with van der Waals surface area (Å²) in [4.78, 5) is 28.4. The van der Waals surface area contributed by atoms with Crippen LogP contribution in [0.5, 0.6) is 0 Å². The van der Waals surface area contributed by atoms with E-state index >= 15 is 0 Å². The second-order valence-corrected chi connectivity index (χ2v) is 23.0. The maximum atomic E-state index is 13.1. The van der Waals surface area contributed by atoms with E-state index in [1.54, 1.807) is 5.57 Å². The van der Waals surface area contributed by atoms with Gasteiger partial charge in [0.1, 0.15) is 6.10 Å². The molecule has 0 bridgehead atoms. The second kappa shape index (κ2) is 29.9. The maximum Gasteiger partial charge on any atom is 0.306 e. The molecule has 1 heterocycles. The fourth-order valence-corrected chi connectivity index (χ4v) is 13.7. The second-order valence-electron chi connectivity index (χ2n) is 23.0. The highest BCUT2D eigenvalue weighted by atomic mass is 16.5. The number of ether oxygens (including phenoxy) is 3. The number of esters is 1. The normalized spacial score (nSPS) is 28.8. The number of fused-ring (bicyclic) bond motifs is 5. The van der Waals surface area contributed by atoms with Gasteiger partial charge in [0.25, 0.3) is 0 Å². The van der Waals surface area contributed by atoms with Crippen molar-refractivity contribution in [3.63, 3.8) is 0 Å². The lowest BCUT2D eigenvalue weighted by Crippen LogP contribution is -2.51. The quantitative estimate of drug-likeness (QED) is 0.0412. The van der Waals surface area contributed by atoms with Crippen molar-refractivity contribution in [2.24, 2.45) is 46.3 Å². The fraction of sp³-hybridized carbons (Fsp3) is 0.864. The molecule has 1 unspecified atom stereocenters. The van der Waals surface area contributed by atoms with Crippen LogP contribution in [0.3, 0.4) is 0 Å². The minimum absolute atomic E-state index is 0.00596. The Morgan fingerprint density at radius 3 is 2.30 bits per heavy atom. The van der Waals surface area contributed by atoms with Gasteiger partial charge in [0.05, 0.1) is 25.7 Å². The van der Waals surface area contributed by atoms with Crippen LogP contribution < -0.4 is 5.32 Å². The first-order valence-corrected chi connectivity index (χ1v) is 28.4. The summed E-state index contributed by atoms with van der Waals surface area (Å²) in [7, 11) is 0. The van der Waals surface area contributed by atoms with Crippen LogP contribution >= 0.6 is 0 Å². The number of hydrogen-bond donors (Lipinski definition) is 1. The van der Waals surface area contributed by atoms with E-state index in [0.29, 0.717) is 25.2 Å². The zero-order valence-corrected chi connectivity index (χ0v) is 43.7. The molecule has 0 radical (unpaired) electrons. The largest absolute Gasteiger partial charge is 0.462 e. The molecule has 7 nitrogen and oxygen atoms in total. The minimum atomic E-state index is -0.240. The van der Waals surface area contributed by atoms with E-state index in [4.69, 9.17) is 14.2 Å². The number of allylic oxidation sites excluding steroid dienone is 5. The topological polar surface area (TPSA) is 77.1 Å². The molecular weight excluding hydrogens is 817 g/mol. The molecule has 5 aliphatic rings. The third-order valence-electron chi connectivity index (χ3n) is 17.6. The number of amides is 1. The molecule has 1 N–H and O–H groups in total. The van der Waals surface area contributed by atoms with Crippen molar-refractivity contribution in [2.75, 3.05) is 46.0 Å². The number of piperidine rings is 1. The SMILES string of the molecule is CCCCC/C=C\C/C=C\CCCCCCCCOCC(CN1CCCCC1)OCCNC(=O)CCC(=O)O[C@H]1CC[C@@]2(C)C(=CC[C@H]3[C@@H]4CC[C@H]([C@H](C)CCCC(C)C)[C@@]4(C)CC[C@@H]32)C1.